The molecule has 0 rings (SSSR count). The van der Waals surface area contributed by atoms with Gasteiger partial charge in [-0.2, -0.15) is 0 Å². The van der Waals surface area contributed by atoms with E-state index in [1.165, 1.54) is 19.5 Å². The molecule has 0 aromatic carbocycles. The van der Waals surface area contributed by atoms with E-state index in [0.29, 0.717) is 12.1 Å². The van der Waals surface area contributed by atoms with Gasteiger partial charge in [0.15, 0.2) is 5.88 Å². The molecule has 0 aliphatic carbocycles. The van der Waals surface area contributed by atoms with Crippen molar-refractivity contribution in [2.45, 2.75) is 13.0 Å². The molecule has 0 saturated heterocycles. The van der Waals surface area contributed by atoms with Gasteiger partial charge in [0.25, 0.3) is 0 Å². The van der Waals surface area contributed by atoms with E-state index in [2.05, 4.69) is 26.2 Å². The van der Waals surface area contributed by atoms with Crippen LogP contribution in [0.3, 0.4) is 0 Å². The minimum Gasteiger partial charge on any atom is -0.482 e. The number of ether oxygens (including phenoxy) is 1. The molecule has 1 unspecified atom stereocenters. The van der Waals surface area contributed by atoms with Crippen molar-refractivity contribution in [1.29, 1.82) is 5.41 Å². The maximum atomic E-state index is 10.2. The van der Waals surface area contributed by atoms with Gasteiger partial charge in [-0.05, 0) is 22.9 Å². The maximum Gasteiger partial charge on any atom is 0.195 e. The fourth-order valence-electron chi connectivity index (χ4n) is 1.26. The molecule has 1 atom stereocenters. The number of nitrogens with two attached hydrogens (primary N) is 1. The van der Waals surface area contributed by atoms with Gasteiger partial charge in [0.05, 0.1) is 12.7 Å². The summed E-state index contributed by atoms with van der Waals surface area (Å²) >= 11 is 3.02. The fourth-order valence-corrected chi connectivity index (χ4v) is 1.66. The molecule has 0 aliphatic heterocycles. The van der Waals surface area contributed by atoms with E-state index >= 15 is 0 Å². The van der Waals surface area contributed by atoms with E-state index in [0.717, 1.165) is 0 Å². The number of hydrogen-bond donors (Lipinski definition) is 4. The standard InChI is InChI=1S/C11H19BrN4O2/c1-4-16-6-7(5-13)9(17)8(10(12)14)11(15-2)18-3/h5-6,9,14-15,17H,4,13H2,1-3H3/b7-5?,11-8+,14-10?,16-6?. The van der Waals surface area contributed by atoms with Crippen molar-refractivity contribution in [1.82, 2.24) is 5.32 Å². The Hall–Kier alpha value is -1.34. The van der Waals surface area contributed by atoms with Gasteiger partial charge in [-0.3, -0.25) is 10.4 Å². The molecule has 5 N–H and O–H groups in total. The second-order valence-electron chi connectivity index (χ2n) is 3.21. The zero-order valence-corrected chi connectivity index (χ0v) is 12.3. The van der Waals surface area contributed by atoms with Crippen molar-refractivity contribution in [2.75, 3.05) is 20.7 Å². The molecular formula is C11H19BrN4O2. The van der Waals surface area contributed by atoms with E-state index in [9.17, 15) is 5.11 Å². The predicted molar refractivity (Wildman–Crippen MR) is 77.1 cm³/mol. The second-order valence-corrected chi connectivity index (χ2v) is 4.00. The lowest BCUT2D eigenvalue weighted by molar-refractivity contribution is 0.226. The quantitative estimate of drug-likeness (QED) is 0.410. The Bertz CT molecular complexity index is 371. The molecule has 102 valence electrons. The van der Waals surface area contributed by atoms with Crippen LogP contribution >= 0.6 is 15.9 Å². The van der Waals surface area contributed by atoms with Gasteiger partial charge in [0, 0.05) is 31.6 Å². The Morgan fingerprint density at radius 1 is 1.67 bits per heavy atom. The van der Waals surface area contributed by atoms with E-state index in [1.807, 2.05) is 6.92 Å². The first-order valence-corrected chi connectivity index (χ1v) is 6.12. The summed E-state index contributed by atoms with van der Waals surface area (Å²) in [4.78, 5) is 4.01. The number of nitrogens with zero attached hydrogens (tertiary/aromatic N) is 1. The van der Waals surface area contributed by atoms with Gasteiger partial charge in [-0.15, -0.1) is 0 Å². The fraction of sp³-hybridized carbons (Fsp3) is 0.455. The lowest BCUT2D eigenvalue weighted by Crippen LogP contribution is -2.25. The molecule has 6 nitrogen and oxygen atoms in total. The number of methoxy groups -OCH3 is 1. The highest BCUT2D eigenvalue weighted by atomic mass is 79.9. The van der Waals surface area contributed by atoms with Crippen LogP contribution in [0.15, 0.2) is 28.2 Å². The highest BCUT2D eigenvalue weighted by molar-refractivity contribution is 9.18. The molecule has 0 aromatic heterocycles. The number of halogens is 1. The summed E-state index contributed by atoms with van der Waals surface area (Å²) in [6.45, 7) is 2.45. The van der Waals surface area contributed by atoms with Crippen LogP contribution in [0.5, 0.6) is 0 Å². The van der Waals surface area contributed by atoms with Gasteiger partial charge < -0.3 is 20.9 Å². The smallest absolute Gasteiger partial charge is 0.195 e. The van der Waals surface area contributed by atoms with Crippen molar-refractivity contribution in [3.63, 3.8) is 0 Å². The number of aliphatic hydroxyl groups is 1. The number of nitrogens with one attached hydrogen (secondary N) is 2. The number of aliphatic hydroxyl groups excluding tert-OH is 1. The van der Waals surface area contributed by atoms with Gasteiger partial charge in [0.1, 0.15) is 10.7 Å². The summed E-state index contributed by atoms with van der Waals surface area (Å²) < 4.78 is 5.07. The maximum absolute atomic E-state index is 10.2. The van der Waals surface area contributed by atoms with Crippen LogP contribution in [0, 0.1) is 5.41 Å². The monoisotopic (exact) mass is 318 g/mol. The highest BCUT2D eigenvalue weighted by Gasteiger charge is 2.22. The molecule has 18 heavy (non-hydrogen) atoms. The average molecular weight is 319 g/mol. The Balaban J connectivity index is 5.46. The Morgan fingerprint density at radius 3 is 2.61 bits per heavy atom. The molecule has 0 radical (unpaired) electrons. The van der Waals surface area contributed by atoms with Crippen LogP contribution in [0.4, 0.5) is 0 Å². The number of aliphatic imine (C=N–C) groups is 1. The van der Waals surface area contributed by atoms with Crippen LogP contribution in [0.25, 0.3) is 0 Å². The molecule has 0 saturated carbocycles. The topological polar surface area (TPSA) is 104 Å². The first-order valence-electron chi connectivity index (χ1n) is 5.33. The molecule has 0 aliphatic rings. The summed E-state index contributed by atoms with van der Waals surface area (Å²) in [5.74, 6) is 0.286. The van der Waals surface area contributed by atoms with Crippen LogP contribution in [0.2, 0.25) is 0 Å². The van der Waals surface area contributed by atoms with Gasteiger partial charge >= 0.3 is 0 Å². The van der Waals surface area contributed by atoms with Crippen LogP contribution in [0.1, 0.15) is 6.92 Å². The van der Waals surface area contributed by atoms with E-state index in [-0.39, 0.29) is 16.1 Å². The number of rotatable bonds is 7. The third-order valence-corrected chi connectivity index (χ3v) is 2.54. The van der Waals surface area contributed by atoms with Gasteiger partial charge in [-0.25, -0.2) is 0 Å². The number of hydrogen-bond acceptors (Lipinski definition) is 6. The van der Waals surface area contributed by atoms with Crippen LogP contribution in [-0.4, -0.2) is 42.7 Å². The Labute approximate surface area is 115 Å². The molecule has 0 fully saturated rings. The minimum absolute atomic E-state index is 0.00504. The average Bonchev–Trinajstić information content (AvgIpc) is 2.35. The summed E-state index contributed by atoms with van der Waals surface area (Å²) in [5.41, 5.74) is 6.09. The molecule has 0 spiro atoms. The third kappa shape index (κ3) is 4.50. The third-order valence-electron chi connectivity index (χ3n) is 2.12. The Morgan fingerprint density at radius 2 is 2.28 bits per heavy atom. The highest BCUT2D eigenvalue weighted by Crippen LogP contribution is 2.18. The molecular weight excluding hydrogens is 300 g/mol. The zero-order chi connectivity index (χ0) is 14.1. The second kappa shape index (κ2) is 8.71. The van der Waals surface area contributed by atoms with Crippen molar-refractivity contribution >= 4 is 26.8 Å². The molecule has 0 amide bonds. The Kier molecular flexibility index (Phi) is 8.06. The minimum atomic E-state index is -1.10. The normalized spacial score (nSPS) is 15.3. The summed E-state index contributed by atoms with van der Waals surface area (Å²) in [5, 5.41) is 20.6. The van der Waals surface area contributed by atoms with Crippen molar-refractivity contribution < 1.29 is 9.84 Å². The van der Waals surface area contributed by atoms with Crippen LogP contribution < -0.4 is 11.1 Å². The van der Waals surface area contributed by atoms with Crippen LogP contribution in [-0.2, 0) is 4.74 Å². The van der Waals surface area contributed by atoms with Gasteiger partial charge in [0.2, 0.25) is 0 Å². The zero-order valence-electron chi connectivity index (χ0n) is 10.7. The summed E-state index contributed by atoms with van der Waals surface area (Å²) in [7, 11) is 3.08. The predicted octanol–water partition coefficient (Wildman–Crippen LogP) is 0.730. The van der Waals surface area contributed by atoms with E-state index in [4.69, 9.17) is 15.9 Å². The van der Waals surface area contributed by atoms with E-state index in [1.54, 1.807) is 7.05 Å². The lowest BCUT2D eigenvalue weighted by atomic mass is 10.0. The van der Waals surface area contributed by atoms with E-state index < -0.39 is 6.10 Å². The van der Waals surface area contributed by atoms with Crippen molar-refractivity contribution in [2.24, 2.45) is 10.7 Å². The lowest BCUT2D eigenvalue weighted by Gasteiger charge is -2.18. The SMILES string of the molecule is CCN=CC(=CN)C(O)/C(C(=N)Br)=C(/NC)OC. The summed E-state index contributed by atoms with van der Waals surface area (Å²) in [6, 6.07) is 0. The molecule has 0 aromatic rings. The van der Waals surface area contributed by atoms with Crippen molar-refractivity contribution in [3.05, 3.63) is 23.2 Å². The summed E-state index contributed by atoms with van der Waals surface area (Å²) in [6.07, 6.45) is 1.63. The first kappa shape index (κ1) is 16.7. The molecule has 0 heterocycles. The molecule has 7 heteroatoms. The van der Waals surface area contributed by atoms with Crippen molar-refractivity contribution in [3.8, 4) is 0 Å². The first-order chi connectivity index (χ1) is 8.53. The molecule has 0 bridgehead atoms. The van der Waals surface area contributed by atoms with Gasteiger partial charge in [-0.1, -0.05) is 0 Å². The largest absolute Gasteiger partial charge is 0.482 e.